The molecule has 0 radical (unpaired) electrons. The Morgan fingerprint density at radius 3 is 2.20 bits per heavy atom. The second-order valence-corrected chi connectivity index (χ2v) is 14.5. The Labute approximate surface area is 293 Å². The van der Waals surface area contributed by atoms with Crippen molar-refractivity contribution in [1.82, 2.24) is 14.0 Å². The van der Waals surface area contributed by atoms with Gasteiger partial charge in [0.05, 0.1) is 17.5 Å². The molecule has 0 aliphatic heterocycles. The van der Waals surface area contributed by atoms with E-state index in [1.165, 1.54) is 35.7 Å². The number of nitrogens with zero attached hydrogens (tertiary/aromatic N) is 3. The quantitative estimate of drug-likeness (QED) is 0.138. The molecule has 7 nitrogen and oxygen atoms in total. The number of benzene rings is 3. The maximum atomic E-state index is 15.0. The van der Waals surface area contributed by atoms with Gasteiger partial charge in [-0.3, -0.25) is 19.3 Å². The van der Waals surface area contributed by atoms with Gasteiger partial charge in [0.15, 0.2) is 5.78 Å². The van der Waals surface area contributed by atoms with E-state index >= 15 is 8.78 Å². The number of hydrogen-bond donors (Lipinski definition) is 1. The van der Waals surface area contributed by atoms with Crippen LogP contribution >= 0.6 is 11.3 Å². The van der Waals surface area contributed by atoms with E-state index in [2.05, 4.69) is 33.1 Å². The van der Waals surface area contributed by atoms with Crippen molar-refractivity contribution in [2.75, 3.05) is 12.4 Å². The predicted octanol–water partition coefficient (Wildman–Crippen LogP) is 8.61. The molecule has 0 fully saturated rings. The average molecular weight is 695 g/mol. The summed E-state index contributed by atoms with van der Waals surface area (Å²) in [5.74, 6) is -2.51. The van der Waals surface area contributed by atoms with Crippen molar-refractivity contribution in [2.24, 2.45) is 18.9 Å². The summed E-state index contributed by atoms with van der Waals surface area (Å²) in [4.78, 5) is 43.7. The number of carbonyl (C=O) groups excluding carboxylic acids is 2. The highest BCUT2D eigenvalue weighted by Gasteiger charge is 2.26. The van der Waals surface area contributed by atoms with Gasteiger partial charge in [-0.1, -0.05) is 64.1 Å². The van der Waals surface area contributed by atoms with Gasteiger partial charge in [-0.15, -0.1) is 11.3 Å². The van der Waals surface area contributed by atoms with Gasteiger partial charge in [0.25, 0.3) is 0 Å². The van der Waals surface area contributed by atoms with Crippen LogP contribution in [0.2, 0.25) is 0 Å². The highest BCUT2D eigenvalue weighted by Crippen LogP contribution is 2.40. The molecule has 0 atom stereocenters. The van der Waals surface area contributed by atoms with Crippen molar-refractivity contribution < 1.29 is 18.4 Å². The van der Waals surface area contributed by atoms with Crippen molar-refractivity contribution in [3.8, 4) is 10.4 Å². The van der Waals surface area contributed by atoms with Crippen LogP contribution in [0, 0.1) is 23.5 Å². The number of pyridine rings is 1. The van der Waals surface area contributed by atoms with Crippen LogP contribution in [-0.4, -0.2) is 32.8 Å². The minimum Gasteiger partial charge on any atom is -0.350 e. The summed E-state index contributed by atoms with van der Waals surface area (Å²) in [5.41, 5.74) is 3.83. The standard InChI is InChI=1S/C40H40F2N4O3S/c1-23(2)36(47)31-22-46(21-29-32(41)11-9-12-33(29)42)40-35(37(31)48)30(20-44(5)18-26-19-45(6)34-13-8-7-10-28(26)34)38(50-40)25-14-16-27(17-15-25)43-39(49)24(3)4/h7-17,19,22-24H,18,20-21H2,1-6H3,(H,43,49). The van der Waals surface area contributed by atoms with E-state index in [-0.39, 0.29) is 35.3 Å². The smallest absolute Gasteiger partial charge is 0.226 e. The van der Waals surface area contributed by atoms with E-state index in [0.717, 1.165) is 32.5 Å². The van der Waals surface area contributed by atoms with Gasteiger partial charge in [0.2, 0.25) is 11.3 Å². The second-order valence-electron chi connectivity index (χ2n) is 13.5. The minimum absolute atomic E-state index is 0.0155. The van der Waals surface area contributed by atoms with Crippen molar-refractivity contribution in [3.63, 3.8) is 0 Å². The van der Waals surface area contributed by atoms with Crippen LogP contribution in [0.1, 0.15) is 54.7 Å². The second kappa shape index (κ2) is 14.1. The largest absolute Gasteiger partial charge is 0.350 e. The molecule has 3 aromatic carbocycles. The molecule has 1 N–H and O–H groups in total. The molecule has 1 amide bonds. The number of aromatic nitrogens is 2. The van der Waals surface area contributed by atoms with Gasteiger partial charge in [-0.05, 0) is 54.1 Å². The number of hydrogen-bond acceptors (Lipinski definition) is 5. The number of amides is 1. The fraction of sp³-hybridized carbons (Fsp3) is 0.275. The zero-order valence-electron chi connectivity index (χ0n) is 29.0. The first-order valence-electron chi connectivity index (χ1n) is 16.6. The van der Waals surface area contributed by atoms with Gasteiger partial charge in [-0.25, -0.2) is 8.78 Å². The van der Waals surface area contributed by atoms with Crippen LogP contribution < -0.4 is 10.7 Å². The minimum atomic E-state index is -0.709. The van der Waals surface area contributed by atoms with Crippen LogP contribution in [0.15, 0.2) is 83.9 Å². The van der Waals surface area contributed by atoms with E-state index in [4.69, 9.17) is 0 Å². The monoisotopic (exact) mass is 694 g/mol. The molecule has 3 heterocycles. The molecule has 258 valence electrons. The van der Waals surface area contributed by atoms with Crippen molar-refractivity contribution in [2.45, 2.75) is 47.3 Å². The molecule has 0 saturated carbocycles. The van der Waals surface area contributed by atoms with Crippen molar-refractivity contribution >= 4 is 49.8 Å². The molecule has 0 aliphatic carbocycles. The van der Waals surface area contributed by atoms with Crippen LogP contribution in [0.25, 0.3) is 31.6 Å². The maximum Gasteiger partial charge on any atom is 0.226 e. The Balaban J connectivity index is 1.53. The summed E-state index contributed by atoms with van der Waals surface area (Å²) in [6.45, 7) is 7.82. The number of aryl methyl sites for hydroxylation is 1. The fourth-order valence-electron chi connectivity index (χ4n) is 6.30. The van der Waals surface area contributed by atoms with Gasteiger partial charge < -0.3 is 14.5 Å². The molecule has 0 saturated heterocycles. The third-order valence-corrected chi connectivity index (χ3v) is 10.3. The van der Waals surface area contributed by atoms with Crippen LogP contribution in [0.4, 0.5) is 14.5 Å². The Bertz CT molecular complexity index is 2280. The molecule has 10 heteroatoms. The summed E-state index contributed by atoms with van der Waals surface area (Å²) >= 11 is 1.35. The lowest BCUT2D eigenvalue weighted by atomic mass is 9.99. The number of halogens is 2. The molecule has 0 spiro atoms. The topological polar surface area (TPSA) is 76.3 Å². The molecule has 50 heavy (non-hydrogen) atoms. The van der Waals surface area contributed by atoms with Crippen LogP contribution in [0.5, 0.6) is 0 Å². The van der Waals surface area contributed by atoms with Crippen molar-refractivity contribution in [1.29, 1.82) is 0 Å². The van der Waals surface area contributed by atoms with Crippen molar-refractivity contribution in [3.05, 3.63) is 123 Å². The van der Waals surface area contributed by atoms with Gasteiger partial charge in [0.1, 0.15) is 16.5 Å². The average Bonchev–Trinajstić information content (AvgIpc) is 3.61. The number of Topliss-reactive ketones (excluding diaryl/α,β-unsaturated/α-hetero) is 1. The SMILES string of the molecule is CC(C)C(=O)Nc1ccc(-c2sc3c(c2CN(C)Cc2cn(C)c4ccccc24)c(=O)c(C(=O)C(C)C)cn3Cc2c(F)cccc2F)cc1. The van der Waals surface area contributed by atoms with E-state index in [9.17, 15) is 14.4 Å². The van der Waals surface area contributed by atoms with Gasteiger partial charge >= 0.3 is 0 Å². The molecule has 6 aromatic rings. The number of fused-ring (bicyclic) bond motifs is 2. The van der Waals surface area contributed by atoms with Crippen LogP contribution in [0.3, 0.4) is 0 Å². The maximum absolute atomic E-state index is 15.0. The predicted molar refractivity (Wildman–Crippen MR) is 198 cm³/mol. The number of nitrogens with one attached hydrogen (secondary N) is 1. The lowest BCUT2D eigenvalue weighted by molar-refractivity contribution is -0.118. The lowest BCUT2D eigenvalue weighted by Gasteiger charge is -2.18. The first-order valence-corrected chi connectivity index (χ1v) is 17.4. The van der Waals surface area contributed by atoms with E-state index < -0.39 is 23.0 Å². The lowest BCUT2D eigenvalue weighted by Crippen LogP contribution is -2.24. The number of anilines is 1. The zero-order valence-corrected chi connectivity index (χ0v) is 29.8. The fourth-order valence-corrected chi connectivity index (χ4v) is 7.59. The summed E-state index contributed by atoms with van der Waals surface area (Å²) < 4.78 is 33.7. The highest BCUT2D eigenvalue weighted by molar-refractivity contribution is 7.22. The Morgan fingerprint density at radius 1 is 0.860 bits per heavy atom. The third-order valence-electron chi connectivity index (χ3n) is 8.97. The van der Waals surface area contributed by atoms with E-state index in [1.807, 2.05) is 64.3 Å². The molecular weight excluding hydrogens is 655 g/mol. The normalized spacial score (nSPS) is 11.8. The van der Waals surface area contributed by atoms with E-state index in [1.54, 1.807) is 18.4 Å². The number of carbonyl (C=O) groups is 2. The summed E-state index contributed by atoms with van der Waals surface area (Å²) in [5, 5.41) is 4.41. The van der Waals surface area contributed by atoms with Gasteiger partial charge in [0, 0.05) is 71.4 Å². The summed E-state index contributed by atoms with van der Waals surface area (Å²) in [6, 6.07) is 19.3. The number of ketones is 1. The molecule has 0 unspecified atom stereocenters. The number of para-hydroxylation sites is 1. The Kier molecular flexibility index (Phi) is 9.87. The first kappa shape index (κ1) is 34.9. The molecule has 0 aliphatic rings. The summed E-state index contributed by atoms with van der Waals surface area (Å²) in [6.07, 6.45) is 3.56. The highest BCUT2D eigenvalue weighted by atomic mass is 32.1. The molecule has 3 aromatic heterocycles. The third kappa shape index (κ3) is 6.78. The van der Waals surface area contributed by atoms with Crippen LogP contribution in [-0.2, 0) is 31.5 Å². The molecular formula is C40H40F2N4O3S. The van der Waals surface area contributed by atoms with Gasteiger partial charge in [-0.2, -0.15) is 0 Å². The number of rotatable bonds is 11. The molecule has 6 rings (SSSR count). The number of thiophene rings is 1. The van der Waals surface area contributed by atoms with E-state index in [0.29, 0.717) is 29.0 Å². The Morgan fingerprint density at radius 2 is 1.54 bits per heavy atom. The molecule has 0 bridgehead atoms. The summed E-state index contributed by atoms with van der Waals surface area (Å²) in [7, 11) is 3.99. The Hall–Kier alpha value is -4.93. The first-order chi connectivity index (χ1) is 23.8. The zero-order chi connectivity index (χ0) is 35.9.